The third-order valence-corrected chi connectivity index (χ3v) is 5.78. The Balaban J connectivity index is 1.57. The number of nitrogens with one attached hydrogen (secondary N) is 1. The molecule has 108 valence electrons. The molecular weight excluding hydrogens is 272 g/mol. The number of nitrogens with zero attached hydrogens (tertiary/aromatic N) is 2. The van der Waals surface area contributed by atoms with E-state index in [-0.39, 0.29) is 5.91 Å². The minimum Gasteiger partial charge on any atom is -0.382 e. The van der Waals surface area contributed by atoms with Crippen molar-refractivity contribution in [1.29, 1.82) is 0 Å². The lowest BCUT2D eigenvalue weighted by Gasteiger charge is -2.18. The maximum atomic E-state index is 12.4. The van der Waals surface area contributed by atoms with Crippen LogP contribution in [0.15, 0.2) is 0 Å². The van der Waals surface area contributed by atoms with Crippen molar-refractivity contribution >= 4 is 28.3 Å². The SMILES string of the molecule is Nc1nsc(N2CC3CCCC3C2)c1C(=O)NC1CC1. The fourth-order valence-corrected chi connectivity index (χ4v) is 4.44. The van der Waals surface area contributed by atoms with Crippen molar-refractivity contribution in [2.45, 2.75) is 38.1 Å². The van der Waals surface area contributed by atoms with Crippen molar-refractivity contribution in [1.82, 2.24) is 9.69 Å². The number of hydrogen-bond acceptors (Lipinski definition) is 5. The normalized spacial score (nSPS) is 28.7. The molecule has 5 nitrogen and oxygen atoms in total. The van der Waals surface area contributed by atoms with Gasteiger partial charge in [-0.15, -0.1) is 0 Å². The Morgan fingerprint density at radius 3 is 2.60 bits per heavy atom. The summed E-state index contributed by atoms with van der Waals surface area (Å²) in [7, 11) is 0. The van der Waals surface area contributed by atoms with Gasteiger partial charge < -0.3 is 16.0 Å². The molecule has 2 unspecified atom stereocenters. The van der Waals surface area contributed by atoms with E-state index in [1.807, 2.05) is 0 Å². The first-order valence-corrected chi connectivity index (χ1v) is 8.30. The quantitative estimate of drug-likeness (QED) is 0.892. The zero-order valence-corrected chi connectivity index (χ0v) is 12.3. The number of carbonyl (C=O) groups is 1. The molecule has 1 aromatic heterocycles. The minimum absolute atomic E-state index is 0.0363. The van der Waals surface area contributed by atoms with Crippen LogP contribution in [-0.2, 0) is 0 Å². The third-order valence-electron chi connectivity index (χ3n) is 4.85. The number of carbonyl (C=O) groups excluding carboxylic acids is 1. The number of amides is 1. The van der Waals surface area contributed by atoms with E-state index in [2.05, 4.69) is 14.6 Å². The lowest BCUT2D eigenvalue weighted by Crippen LogP contribution is -2.29. The number of nitrogen functional groups attached to an aromatic ring is 1. The Kier molecular flexibility index (Phi) is 2.87. The van der Waals surface area contributed by atoms with Crippen LogP contribution in [0.1, 0.15) is 42.5 Å². The number of aromatic nitrogens is 1. The Hall–Kier alpha value is -1.30. The van der Waals surface area contributed by atoms with Crippen molar-refractivity contribution in [3.05, 3.63) is 5.56 Å². The molecule has 1 aromatic rings. The number of anilines is 2. The van der Waals surface area contributed by atoms with Gasteiger partial charge in [-0.2, -0.15) is 4.37 Å². The molecule has 3 fully saturated rings. The second kappa shape index (κ2) is 4.62. The average molecular weight is 292 g/mol. The summed E-state index contributed by atoms with van der Waals surface area (Å²) in [5.74, 6) is 1.96. The highest BCUT2D eigenvalue weighted by Gasteiger charge is 2.38. The summed E-state index contributed by atoms with van der Waals surface area (Å²) in [5, 5.41) is 4.01. The fraction of sp³-hybridized carbons (Fsp3) is 0.714. The van der Waals surface area contributed by atoms with E-state index in [9.17, 15) is 4.79 Å². The van der Waals surface area contributed by atoms with Crippen LogP contribution in [0.5, 0.6) is 0 Å². The zero-order chi connectivity index (χ0) is 13.7. The van der Waals surface area contributed by atoms with E-state index in [0.29, 0.717) is 17.4 Å². The number of fused-ring (bicyclic) bond motifs is 1. The summed E-state index contributed by atoms with van der Waals surface area (Å²) in [5.41, 5.74) is 6.55. The van der Waals surface area contributed by atoms with Crippen LogP contribution in [-0.4, -0.2) is 29.4 Å². The molecule has 20 heavy (non-hydrogen) atoms. The average Bonchev–Trinajstić information content (AvgIpc) is 2.84. The first-order chi connectivity index (χ1) is 9.72. The van der Waals surface area contributed by atoms with Crippen molar-refractivity contribution in [3.63, 3.8) is 0 Å². The highest BCUT2D eigenvalue weighted by Crippen LogP contribution is 2.42. The Morgan fingerprint density at radius 1 is 1.25 bits per heavy atom. The molecule has 0 spiro atoms. The second-order valence-electron chi connectivity index (χ2n) is 6.35. The number of rotatable bonds is 3. The van der Waals surface area contributed by atoms with Crippen molar-refractivity contribution in [2.75, 3.05) is 23.7 Å². The van der Waals surface area contributed by atoms with E-state index in [1.54, 1.807) is 0 Å². The lowest BCUT2D eigenvalue weighted by molar-refractivity contribution is 0.0952. The molecule has 3 N–H and O–H groups in total. The van der Waals surface area contributed by atoms with Crippen LogP contribution in [0.4, 0.5) is 10.8 Å². The van der Waals surface area contributed by atoms with Gasteiger partial charge in [0.1, 0.15) is 10.6 Å². The minimum atomic E-state index is -0.0363. The smallest absolute Gasteiger partial charge is 0.258 e. The van der Waals surface area contributed by atoms with Crippen LogP contribution < -0.4 is 16.0 Å². The summed E-state index contributed by atoms with van der Waals surface area (Å²) in [4.78, 5) is 14.7. The highest BCUT2D eigenvalue weighted by atomic mass is 32.1. The van der Waals surface area contributed by atoms with E-state index in [0.717, 1.165) is 42.8 Å². The standard InChI is InChI=1S/C14H20N4OS/c15-12-11(13(19)16-10-4-5-10)14(20-17-12)18-6-8-2-1-3-9(8)7-18/h8-10H,1-7H2,(H2,15,17)(H,16,19). The molecule has 0 radical (unpaired) electrons. The lowest BCUT2D eigenvalue weighted by atomic mass is 10.0. The first-order valence-electron chi connectivity index (χ1n) is 7.53. The topological polar surface area (TPSA) is 71.2 Å². The first kappa shape index (κ1) is 12.4. The fourth-order valence-electron chi connectivity index (χ4n) is 3.61. The molecular formula is C14H20N4OS. The van der Waals surface area contributed by atoms with E-state index in [1.165, 1.54) is 30.8 Å². The predicted molar refractivity (Wildman–Crippen MR) is 80.1 cm³/mol. The molecule has 2 aliphatic carbocycles. The summed E-state index contributed by atoms with van der Waals surface area (Å²) in [6, 6.07) is 0.354. The van der Waals surface area contributed by atoms with Gasteiger partial charge in [-0.25, -0.2) is 0 Å². The molecule has 2 atom stereocenters. The Morgan fingerprint density at radius 2 is 1.95 bits per heavy atom. The van der Waals surface area contributed by atoms with Gasteiger partial charge in [0.05, 0.1) is 0 Å². The molecule has 2 heterocycles. The molecule has 1 amide bonds. The Bertz CT molecular complexity index is 527. The zero-order valence-electron chi connectivity index (χ0n) is 11.5. The summed E-state index contributed by atoms with van der Waals surface area (Å²) in [6.07, 6.45) is 6.21. The van der Waals surface area contributed by atoms with E-state index in [4.69, 9.17) is 5.73 Å². The monoisotopic (exact) mass is 292 g/mol. The van der Waals surface area contributed by atoms with Gasteiger partial charge in [0.25, 0.3) is 5.91 Å². The maximum Gasteiger partial charge on any atom is 0.258 e. The van der Waals surface area contributed by atoms with Crippen LogP contribution in [0.3, 0.4) is 0 Å². The van der Waals surface area contributed by atoms with Gasteiger partial charge in [0.15, 0.2) is 5.82 Å². The maximum absolute atomic E-state index is 12.4. The van der Waals surface area contributed by atoms with Crippen LogP contribution in [0, 0.1) is 11.8 Å². The number of nitrogens with two attached hydrogens (primary N) is 1. The summed E-state index contributed by atoms with van der Waals surface area (Å²) >= 11 is 1.38. The van der Waals surface area contributed by atoms with Crippen molar-refractivity contribution in [3.8, 4) is 0 Å². The molecule has 6 heteroatoms. The largest absolute Gasteiger partial charge is 0.382 e. The molecule has 4 rings (SSSR count). The molecule has 2 saturated carbocycles. The summed E-state index contributed by atoms with van der Waals surface area (Å²) < 4.78 is 4.22. The third kappa shape index (κ3) is 2.06. The summed E-state index contributed by atoms with van der Waals surface area (Å²) in [6.45, 7) is 2.13. The van der Waals surface area contributed by atoms with E-state index >= 15 is 0 Å². The van der Waals surface area contributed by atoms with Crippen molar-refractivity contribution in [2.24, 2.45) is 11.8 Å². The molecule has 3 aliphatic rings. The molecule has 0 bridgehead atoms. The second-order valence-corrected chi connectivity index (χ2v) is 7.10. The Labute approximate surface area is 122 Å². The van der Waals surface area contributed by atoms with Gasteiger partial charge in [-0.05, 0) is 49.1 Å². The van der Waals surface area contributed by atoms with Crippen molar-refractivity contribution < 1.29 is 4.79 Å². The molecule has 0 aromatic carbocycles. The van der Waals surface area contributed by atoms with Gasteiger partial charge in [0.2, 0.25) is 0 Å². The highest BCUT2D eigenvalue weighted by molar-refractivity contribution is 7.11. The van der Waals surface area contributed by atoms with Gasteiger partial charge in [0, 0.05) is 19.1 Å². The van der Waals surface area contributed by atoms with Crippen LogP contribution in [0.2, 0.25) is 0 Å². The predicted octanol–water partition coefficient (Wildman–Crippen LogP) is 1.85. The van der Waals surface area contributed by atoms with Gasteiger partial charge in [-0.1, -0.05) is 6.42 Å². The number of hydrogen-bond donors (Lipinski definition) is 2. The van der Waals surface area contributed by atoms with Crippen LogP contribution >= 0.6 is 11.5 Å². The molecule has 1 aliphatic heterocycles. The van der Waals surface area contributed by atoms with Crippen LogP contribution in [0.25, 0.3) is 0 Å². The van der Waals surface area contributed by atoms with Gasteiger partial charge >= 0.3 is 0 Å². The molecule has 1 saturated heterocycles. The van der Waals surface area contributed by atoms with E-state index < -0.39 is 0 Å². The van der Waals surface area contributed by atoms with Gasteiger partial charge in [-0.3, -0.25) is 4.79 Å².